The maximum Gasteiger partial charge on any atom is 0.312 e. The van der Waals surface area contributed by atoms with Crippen LogP contribution in [0.2, 0.25) is 0 Å². The molecule has 0 bridgehead atoms. The predicted octanol–water partition coefficient (Wildman–Crippen LogP) is 2.70. The molecule has 1 amide bonds. The summed E-state index contributed by atoms with van der Waals surface area (Å²) in [6.45, 7) is 0. The number of nitro groups is 1. The molecule has 8 nitrogen and oxygen atoms in total. The molecule has 0 aliphatic rings. The molecule has 1 heterocycles. The van der Waals surface area contributed by atoms with E-state index in [1.54, 1.807) is 18.3 Å². The van der Waals surface area contributed by atoms with Crippen molar-refractivity contribution in [3.63, 3.8) is 0 Å². The number of hydrazone groups is 1. The number of benzene rings is 1. The number of rotatable bonds is 6. The second kappa shape index (κ2) is 8.41. The summed E-state index contributed by atoms with van der Waals surface area (Å²) in [4.78, 5) is 25.9. The fraction of sp³-hybridized carbons (Fsp3) is 0.0714. The molecule has 24 heavy (non-hydrogen) atoms. The molecule has 10 heteroatoms. The van der Waals surface area contributed by atoms with E-state index in [2.05, 4.69) is 31.4 Å². The van der Waals surface area contributed by atoms with Gasteiger partial charge in [0.2, 0.25) is 11.7 Å². The van der Waals surface area contributed by atoms with E-state index in [1.807, 2.05) is 6.07 Å². The Morgan fingerprint density at radius 1 is 1.50 bits per heavy atom. The first-order valence-corrected chi connectivity index (χ1v) is 8.28. The molecule has 124 valence electrons. The number of phenols is 1. The summed E-state index contributed by atoms with van der Waals surface area (Å²) in [6, 6.07) is 7.99. The third-order valence-corrected chi connectivity index (χ3v) is 4.06. The van der Waals surface area contributed by atoms with Gasteiger partial charge >= 0.3 is 5.69 Å². The zero-order valence-electron chi connectivity index (χ0n) is 12.0. The minimum Gasteiger partial charge on any atom is -0.502 e. The van der Waals surface area contributed by atoms with Crippen molar-refractivity contribution in [3.8, 4) is 5.75 Å². The fourth-order valence-electron chi connectivity index (χ4n) is 1.62. The van der Waals surface area contributed by atoms with E-state index in [9.17, 15) is 20.0 Å². The maximum atomic E-state index is 11.7. The summed E-state index contributed by atoms with van der Waals surface area (Å²) < 4.78 is 0.408. The Labute approximate surface area is 149 Å². The van der Waals surface area contributed by atoms with Gasteiger partial charge in [-0.1, -0.05) is 33.8 Å². The van der Waals surface area contributed by atoms with Crippen LogP contribution < -0.4 is 5.43 Å². The second-order valence-electron chi connectivity index (χ2n) is 4.37. The first-order valence-electron chi connectivity index (χ1n) is 6.50. The zero-order chi connectivity index (χ0) is 17.5. The molecule has 0 saturated heterocycles. The van der Waals surface area contributed by atoms with Crippen LogP contribution in [-0.2, 0) is 4.79 Å². The number of carbonyl (C=O) groups excluding carboxylic acids is 1. The maximum absolute atomic E-state index is 11.7. The lowest BCUT2D eigenvalue weighted by Crippen LogP contribution is -2.19. The molecule has 0 fully saturated rings. The molecule has 0 spiro atoms. The van der Waals surface area contributed by atoms with Gasteiger partial charge in [-0.15, -0.1) is 0 Å². The molecule has 0 atom stereocenters. The van der Waals surface area contributed by atoms with Crippen molar-refractivity contribution in [2.75, 3.05) is 5.75 Å². The SMILES string of the molecule is O=C(CSc1ccccn1)NN=Cc1cc(Br)cc([N+](=O)[O-])c1O. The topological polar surface area (TPSA) is 118 Å². The van der Waals surface area contributed by atoms with E-state index in [-0.39, 0.29) is 17.2 Å². The molecule has 0 aliphatic carbocycles. The Kier molecular flexibility index (Phi) is 6.27. The van der Waals surface area contributed by atoms with Crippen LogP contribution in [-0.4, -0.2) is 32.9 Å². The Hall–Kier alpha value is -2.46. The van der Waals surface area contributed by atoms with Crippen molar-refractivity contribution in [3.05, 3.63) is 56.7 Å². The Morgan fingerprint density at radius 3 is 2.96 bits per heavy atom. The van der Waals surface area contributed by atoms with Crippen LogP contribution >= 0.6 is 27.7 Å². The number of nitrogens with zero attached hydrogens (tertiary/aromatic N) is 3. The minimum absolute atomic E-state index is 0.105. The van der Waals surface area contributed by atoms with Crippen molar-refractivity contribution in [1.29, 1.82) is 0 Å². The molecule has 1 aromatic carbocycles. The molecule has 2 N–H and O–H groups in total. The summed E-state index contributed by atoms with van der Waals surface area (Å²) in [7, 11) is 0. The lowest BCUT2D eigenvalue weighted by Gasteiger charge is -2.02. The van der Waals surface area contributed by atoms with E-state index in [1.165, 1.54) is 23.9 Å². The highest BCUT2D eigenvalue weighted by Gasteiger charge is 2.17. The van der Waals surface area contributed by atoms with Gasteiger partial charge in [0.15, 0.2) is 0 Å². The number of aromatic nitrogens is 1. The Morgan fingerprint density at radius 2 is 2.29 bits per heavy atom. The summed E-state index contributed by atoms with van der Waals surface area (Å²) in [5, 5.41) is 25.1. The van der Waals surface area contributed by atoms with Crippen LogP contribution in [0.3, 0.4) is 0 Å². The third-order valence-electron chi connectivity index (χ3n) is 2.66. The van der Waals surface area contributed by atoms with Crippen LogP contribution in [0, 0.1) is 10.1 Å². The highest BCUT2D eigenvalue weighted by atomic mass is 79.9. The standard InChI is InChI=1S/C14H11BrN4O4S/c15-10-5-9(14(21)11(6-10)19(22)23)7-17-18-12(20)8-24-13-3-1-2-4-16-13/h1-7,21H,8H2,(H,18,20). The van der Waals surface area contributed by atoms with Crippen molar-refractivity contribution < 1.29 is 14.8 Å². The average Bonchev–Trinajstić information content (AvgIpc) is 2.56. The molecule has 0 radical (unpaired) electrons. The first-order chi connectivity index (χ1) is 11.5. The number of hydrogen-bond acceptors (Lipinski definition) is 7. The van der Waals surface area contributed by atoms with E-state index >= 15 is 0 Å². The molecule has 2 aromatic rings. The first kappa shape index (κ1) is 17.9. The van der Waals surface area contributed by atoms with Gasteiger partial charge in [-0.25, -0.2) is 10.4 Å². The van der Waals surface area contributed by atoms with Crippen LogP contribution in [0.5, 0.6) is 5.75 Å². The van der Waals surface area contributed by atoms with Gasteiger partial charge in [-0.2, -0.15) is 5.10 Å². The van der Waals surface area contributed by atoms with Crippen molar-refractivity contribution in [2.45, 2.75) is 5.03 Å². The van der Waals surface area contributed by atoms with E-state index in [4.69, 9.17) is 0 Å². The van der Waals surface area contributed by atoms with Gasteiger partial charge in [0.05, 0.1) is 21.9 Å². The molecular formula is C14H11BrN4O4S. The fourth-order valence-corrected chi connectivity index (χ4v) is 2.74. The molecule has 0 aliphatic heterocycles. The number of thioether (sulfide) groups is 1. The van der Waals surface area contributed by atoms with Gasteiger partial charge in [0.25, 0.3) is 0 Å². The number of carbonyl (C=O) groups is 1. The van der Waals surface area contributed by atoms with E-state index in [0.29, 0.717) is 9.50 Å². The third kappa shape index (κ3) is 5.03. The number of halogens is 1. The number of nitrogens with one attached hydrogen (secondary N) is 1. The van der Waals surface area contributed by atoms with Gasteiger partial charge in [0, 0.05) is 22.3 Å². The summed E-state index contributed by atoms with van der Waals surface area (Å²) in [5.41, 5.74) is 1.93. The quantitative estimate of drug-likeness (QED) is 0.327. The van der Waals surface area contributed by atoms with Crippen LogP contribution in [0.25, 0.3) is 0 Å². The van der Waals surface area contributed by atoms with Crippen molar-refractivity contribution >= 4 is 45.5 Å². The van der Waals surface area contributed by atoms with Gasteiger partial charge in [-0.05, 0) is 18.2 Å². The van der Waals surface area contributed by atoms with E-state index < -0.39 is 16.4 Å². The smallest absolute Gasteiger partial charge is 0.312 e. The normalized spacial score (nSPS) is 10.7. The molecular weight excluding hydrogens is 400 g/mol. The van der Waals surface area contributed by atoms with E-state index in [0.717, 1.165) is 6.21 Å². The van der Waals surface area contributed by atoms with Gasteiger partial charge in [-0.3, -0.25) is 14.9 Å². The second-order valence-corrected chi connectivity index (χ2v) is 6.28. The number of pyridine rings is 1. The Balaban J connectivity index is 1.96. The number of phenolic OH excluding ortho intramolecular Hbond substituents is 1. The Bertz CT molecular complexity index is 786. The van der Waals surface area contributed by atoms with Crippen LogP contribution in [0.1, 0.15) is 5.56 Å². The van der Waals surface area contributed by atoms with Crippen LogP contribution in [0.4, 0.5) is 5.69 Å². The number of nitro benzene ring substituents is 1. The summed E-state index contributed by atoms with van der Waals surface area (Å²) in [6.07, 6.45) is 2.76. The summed E-state index contributed by atoms with van der Waals surface area (Å²) >= 11 is 4.36. The lowest BCUT2D eigenvalue weighted by molar-refractivity contribution is -0.385. The highest BCUT2D eigenvalue weighted by molar-refractivity contribution is 9.10. The predicted molar refractivity (Wildman–Crippen MR) is 93.2 cm³/mol. The average molecular weight is 411 g/mol. The number of hydrogen-bond donors (Lipinski definition) is 2. The molecule has 0 unspecified atom stereocenters. The number of aromatic hydroxyl groups is 1. The highest BCUT2D eigenvalue weighted by Crippen LogP contribution is 2.32. The molecule has 1 aromatic heterocycles. The minimum atomic E-state index is -0.709. The summed E-state index contributed by atoms with van der Waals surface area (Å²) in [5.74, 6) is -0.783. The van der Waals surface area contributed by atoms with Crippen LogP contribution in [0.15, 0.2) is 51.1 Å². The van der Waals surface area contributed by atoms with Crippen molar-refractivity contribution in [2.24, 2.45) is 5.10 Å². The number of amides is 1. The molecule has 0 saturated carbocycles. The lowest BCUT2D eigenvalue weighted by atomic mass is 10.2. The van der Waals surface area contributed by atoms with Gasteiger partial charge in [0.1, 0.15) is 0 Å². The zero-order valence-corrected chi connectivity index (χ0v) is 14.5. The molecule has 2 rings (SSSR count). The van der Waals surface area contributed by atoms with Crippen molar-refractivity contribution in [1.82, 2.24) is 10.4 Å². The largest absolute Gasteiger partial charge is 0.502 e. The monoisotopic (exact) mass is 410 g/mol. The van der Waals surface area contributed by atoms with Gasteiger partial charge < -0.3 is 5.11 Å².